The lowest BCUT2D eigenvalue weighted by molar-refractivity contribution is 0.110. The molecule has 1 heterocycles. The van der Waals surface area contributed by atoms with E-state index in [0.717, 1.165) is 31.6 Å². The SMILES string of the molecule is CCC(C)(C(NN)c1cccc2c1OCCC2)N(C)C. The van der Waals surface area contributed by atoms with Crippen LogP contribution in [-0.2, 0) is 6.42 Å². The Balaban J connectivity index is 2.47. The molecule has 4 heteroatoms. The van der Waals surface area contributed by atoms with Crippen molar-refractivity contribution in [2.24, 2.45) is 5.84 Å². The third kappa shape index (κ3) is 2.55. The second kappa shape index (κ2) is 6.12. The van der Waals surface area contributed by atoms with E-state index >= 15 is 0 Å². The molecule has 2 rings (SSSR count). The summed E-state index contributed by atoms with van der Waals surface area (Å²) >= 11 is 0. The predicted octanol–water partition coefficient (Wildman–Crippen LogP) is 2.25. The average molecular weight is 277 g/mol. The van der Waals surface area contributed by atoms with Crippen molar-refractivity contribution in [1.82, 2.24) is 10.3 Å². The lowest BCUT2D eigenvalue weighted by Crippen LogP contribution is -2.53. The molecule has 1 aromatic carbocycles. The Kier molecular flexibility index (Phi) is 4.68. The van der Waals surface area contributed by atoms with Crippen molar-refractivity contribution >= 4 is 0 Å². The van der Waals surface area contributed by atoms with Crippen LogP contribution >= 0.6 is 0 Å². The summed E-state index contributed by atoms with van der Waals surface area (Å²) in [5.74, 6) is 6.94. The van der Waals surface area contributed by atoms with E-state index in [-0.39, 0.29) is 11.6 Å². The summed E-state index contributed by atoms with van der Waals surface area (Å²) in [7, 11) is 4.20. The maximum Gasteiger partial charge on any atom is 0.127 e. The van der Waals surface area contributed by atoms with Crippen LogP contribution in [0, 0.1) is 0 Å². The number of ether oxygens (including phenoxy) is 1. The molecular formula is C16H27N3O. The molecule has 1 aliphatic rings. The van der Waals surface area contributed by atoms with E-state index in [9.17, 15) is 0 Å². The number of rotatable bonds is 5. The summed E-state index contributed by atoms with van der Waals surface area (Å²) in [4.78, 5) is 2.24. The zero-order valence-corrected chi connectivity index (χ0v) is 13.1. The number of fused-ring (bicyclic) bond motifs is 1. The van der Waals surface area contributed by atoms with E-state index in [4.69, 9.17) is 10.6 Å². The highest BCUT2D eigenvalue weighted by atomic mass is 16.5. The van der Waals surface area contributed by atoms with Gasteiger partial charge >= 0.3 is 0 Å². The zero-order valence-electron chi connectivity index (χ0n) is 13.1. The Labute approximate surface area is 122 Å². The molecule has 0 aromatic heterocycles. The summed E-state index contributed by atoms with van der Waals surface area (Å²) in [6.07, 6.45) is 3.18. The molecule has 0 fully saturated rings. The van der Waals surface area contributed by atoms with Crippen LogP contribution < -0.4 is 16.0 Å². The molecule has 0 aliphatic carbocycles. The molecule has 0 amide bonds. The third-order valence-electron chi connectivity index (χ3n) is 4.80. The number of nitrogens with zero attached hydrogens (tertiary/aromatic N) is 1. The number of hydrogen-bond donors (Lipinski definition) is 2. The van der Waals surface area contributed by atoms with Gasteiger partial charge in [0.1, 0.15) is 5.75 Å². The van der Waals surface area contributed by atoms with Crippen molar-refractivity contribution in [2.45, 2.75) is 44.7 Å². The molecule has 0 radical (unpaired) electrons. The fourth-order valence-electron chi connectivity index (χ4n) is 3.02. The fraction of sp³-hybridized carbons (Fsp3) is 0.625. The number of aryl methyl sites for hydroxylation is 1. The number of hydrogen-bond acceptors (Lipinski definition) is 4. The molecule has 0 saturated heterocycles. The van der Waals surface area contributed by atoms with Crippen LogP contribution in [0.1, 0.15) is 43.9 Å². The molecule has 2 atom stereocenters. The average Bonchev–Trinajstić information content (AvgIpc) is 2.47. The van der Waals surface area contributed by atoms with Gasteiger partial charge in [0.05, 0.1) is 12.6 Å². The summed E-state index contributed by atoms with van der Waals surface area (Å²) < 4.78 is 5.94. The summed E-state index contributed by atoms with van der Waals surface area (Å²) in [5.41, 5.74) is 5.42. The van der Waals surface area contributed by atoms with Gasteiger partial charge in [-0.25, -0.2) is 0 Å². The van der Waals surface area contributed by atoms with E-state index in [1.807, 2.05) is 0 Å². The van der Waals surface area contributed by atoms with Crippen LogP contribution in [0.3, 0.4) is 0 Å². The van der Waals surface area contributed by atoms with Gasteiger partial charge in [-0.1, -0.05) is 25.1 Å². The number of likely N-dealkylation sites (N-methyl/N-ethyl adjacent to an activating group) is 1. The Bertz CT molecular complexity index is 461. The maximum absolute atomic E-state index is 5.94. The van der Waals surface area contributed by atoms with Gasteiger partial charge in [-0.05, 0) is 45.8 Å². The first-order valence-corrected chi connectivity index (χ1v) is 7.42. The van der Waals surface area contributed by atoms with Gasteiger partial charge in [-0.15, -0.1) is 0 Å². The lowest BCUT2D eigenvalue weighted by Gasteiger charge is -2.43. The molecule has 1 aliphatic heterocycles. The minimum absolute atomic E-state index is 0.0375. The van der Waals surface area contributed by atoms with Crippen molar-refractivity contribution in [3.8, 4) is 5.75 Å². The van der Waals surface area contributed by atoms with Gasteiger partial charge in [-0.2, -0.15) is 0 Å². The minimum Gasteiger partial charge on any atom is -0.493 e. The smallest absolute Gasteiger partial charge is 0.127 e. The molecule has 3 N–H and O–H groups in total. The van der Waals surface area contributed by atoms with Gasteiger partial charge in [0.2, 0.25) is 0 Å². The first-order chi connectivity index (χ1) is 9.54. The van der Waals surface area contributed by atoms with Crippen LogP contribution in [0.15, 0.2) is 18.2 Å². The highest BCUT2D eigenvalue weighted by Gasteiger charge is 2.37. The minimum atomic E-state index is -0.0648. The highest BCUT2D eigenvalue weighted by Crippen LogP contribution is 2.39. The fourth-order valence-corrected chi connectivity index (χ4v) is 3.02. The number of nitrogens with one attached hydrogen (secondary N) is 1. The van der Waals surface area contributed by atoms with E-state index in [0.29, 0.717) is 0 Å². The number of nitrogens with two attached hydrogens (primary N) is 1. The first kappa shape index (κ1) is 15.3. The quantitative estimate of drug-likeness (QED) is 0.640. The molecule has 112 valence electrons. The Morgan fingerprint density at radius 3 is 2.80 bits per heavy atom. The van der Waals surface area contributed by atoms with Crippen molar-refractivity contribution in [1.29, 1.82) is 0 Å². The van der Waals surface area contributed by atoms with E-state index in [1.54, 1.807) is 0 Å². The second-order valence-corrected chi connectivity index (χ2v) is 5.99. The molecule has 2 unspecified atom stereocenters. The van der Waals surface area contributed by atoms with Gasteiger partial charge in [0.15, 0.2) is 0 Å². The Morgan fingerprint density at radius 2 is 2.20 bits per heavy atom. The normalized spacial score (nSPS) is 19.1. The monoisotopic (exact) mass is 277 g/mol. The topological polar surface area (TPSA) is 50.5 Å². The number of hydrazine groups is 1. The molecule has 0 bridgehead atoms. The summed E-state index contributed by atoms with van der Waals surface area (Å²) in [5, 5.41) is 0. The Hall–Kier alpha value is -1.10. The largest absolute Gasteiger partial charge is 0.493 e. The molecular weight excluding hydrogens is 250 g/mol. The van der Waals surface area contributed by atoms with Crippen LogP contribution in [-0.4, -0.2) is 31.1 Å². The molecule has 0 spiro atoms. The third-order valence-corrected chi connectivity index (χ3v) is 4.80. The van der Waals surface area contributed by atoms with Crippen molar-refractivity contribution in [2.75, 3.05) is 20.7 Å². The van der Waals surface area contributed by atoms with Crippen LogP contribution in [0.2, 0.25) is 0 Å². The van der Waals surface area contributed by atoms with E-state index in [2.05, 4.69) is 56.5 Å². The molecule has 20 heavy (non-hydrogen) atoms. The second-order valence-electron chi connectivity index (χ2n) is 5.99. The van der Waals surface area contributed by atoms with Crippen LogP contribution in [0.25, 0.3) is 0 Å². The number of para-hydroxylation sites is 1. The molecule has 1 aromatic rings. The highest BCUT2D eigenvalue weighted by molar-refractivity contribution is 5.45. The van der Waals surface area contributed by atoms with Gasteiger partial charge in [-0.3, -0.25) is 11.3 Å². The van der Waals surface area contributed by atoms with E-state index in [1.165, 1.54) is 11.1 Å². The molecule has 0 saturated carbocycles. The Morgan fingerprint density at radius 1 is 1.45 bits per heavy atom. The standard InChI is InChI=1S/C16H27N3O/c1-5-16(2,19(3)4)15(18-17)13-10-6-8-12-9-7-11-20-14(12)13/h6,8,10,15,18H,5,7,9,11,17H2,1-4H3. The van der Waals surface area contributed by atoms with Crippen LogP contribution in [0.5, 0.6) is 5.75 Å². The van der Waals surface area contributed by atoms with Gasteiger partial charge in [0, 0.05) is 11.1 Å². The summed E-state index contributed by atoms with van der Waals surface area (Å²) in [6, 6.07) is 6.44. The molecule has 4 nitrogen and oxygen atoms in total. The predicted molar refractivity (Wildman–Crippen MR) is 82.7 cm³/mol. The van der Waals surface area contributed by atoms with E-state index < -0.39 is 0 Å². The zero-order chi connectivity index (χ0) is 14.8. The van der Waals surface area contributed by atoms with Gasteiger partial charge in [0.25, 0.3) is 0 Å². The van der Waals surface area contributed by atoms with Crippen molar-refractivity contribution in [3.05, 3.63) is 29.3 Å². The summed E-state index contributed by atoms with van der Waals surface area (Å²) in [6.45, 7) is 5.23. The van der Waals surface area contributed by atoms with Crippen molar-refractivity contribution < 1.29 is 4.74 Å². The van der Waals surface area contributed by atoms with Crippen LogP contribution in [0.4, 0.5) is 0 Å². The lowest BCUT2D eigenvalue weighted by atomic mass is 9.82. The van der Waals surface area contributed by atoms with Crippen molar-refractivity contribution in [3.63, 3.8) is 0 Å². The first-order valence-electron chi connectivity index (χ1n) is 7.42. The maximum atomic E-state index is 5.94. The number of benzene rings is 1. The van der Waals surface area contributed by atoms with Gasteiger partial charge < -0.3 is 9.64 Å².